The topological polar surface area (TPSA) is 38.7 Å². The molecule has 0 atom stereocenters. The van der Waals surface area contributed by atoms with Gasteiger partial charge in [-0.3, -0.25) is 0 Å². The largest absolute Gasteiger partial charge is 0.208 e. The van der Waals surface area contributed by atoms with Crippen LogP contribution in [0.25, 0.3) is 65.5 Å². The van der Waals surface area contributed by atoms with E-state index in [0.717, 1.165) is 16.7 Å². The Labute approximate surface area is 312 Å². The summed E-state index contributed by atoms with van der Waals surface area (Å²) in [6, 6.07) is 59.2. The van der Waals surface area contributed by atoms with E-state index in [4.69, 9.17) is 15.0 Å². The van der Waals surface area contributed by atoms with E-state index in [2.05, 4.69) is 141 Å². The minimum absolute atomic E-state index is 0.226. The van der Waals surface area contributed by atoms with E-state index in [1.807, 2.05) is 47.7 Å². The van der Waals surface area contributed by atoms with Gasteiger partial charge in [-0.2, -0.15) is 0 Å². The van der Waals surface area contributed by atoms with Gasteiger partial charge < -0.3 is 0 Å². The summed E-state index contributed by atoms with van der Waals surface area (Å²) in [5.74, 6) is 2.01. The Hall–Kier alpha value is -6.23. The van der Waals surface area contributed by atoms with Gasteiger partial charge in [0.25, 0.3) is 0 Å². The molecule has 0 unspecified atom stereocenters. The van der Waals surface area contributed by atoms with Crippen LogP contribution in [-0.4, -0.2) is 15.0 Å². The fraction of sp³-hybridized carbons (Fsp3) is 0.0816. The Morgan fingerprint density at radius 1 is 0.415 bits per heavy atom. The Bertz CT molecular complexity index is 2820. The van der Waals surface area contributed by atoms with Crippen LogP contribution in [0.4, 0.5) is 0 Å². The SMILES string of the molecule is CC1(C)c2ccccc2C2(c3ccccc3-c3ccccc32)c2ccc3c(sc4ccc(-c5nc(-c6ccccc6)nc(-c6ccccc6)n5)cc43)c21. The Morgan fingerprint density at radius 3 is 1.53 bits per heavy atom. The van der Waals surface area contributed by atoms with Crippen molar-refractivity contribution in [3.05, 3.63) is 197 Å². The molecule has 2 aliphatic carbocycles. The maximum absolute atomic E-state index is 5.06. The Morgan fingerprint density at radius 2 is 0.925 bits per heavy atom. The van der Waals surface area contributed by atoms with Crippen LogP contribution < -0.4 is 0 Å². The fourth-order valence-electron chi connectivity index (χ4n) is 9.30. The molecule has 2 aliphatic rings. The summed E-state index contributed by atoms with van der Waals surface area (Å²) >= 11 is 1.91. The lowest BCUT2D eigenvalue weighted by Crippen LogP contribution is -2.40. The highest BCUT2D eigenvalue weighted by molar-refractivity contribution is 7.26. The molecule has 0 bridgehead atoms. The molecule has 0 N–H and O–H groups in total. The van der Waals surface area contributed by atoms with Crippen LogP contribution in [0.5, 0.6) is 0 Å². The number of aromatic nitrogens is 3. The van der Waals surface area contributed by atoms with E-state index in [0.29, 0.717) is 17.5 Å². The molecule has 250 valence electrons. The highest BCUT2D eigenvalue weighted by Crippen LogP contribution is 2.63. The molecule has 11 rings (SSSR count). The molecule has 0 aliphatic heterocycles. The van der Waals surface area contributed by atoms with E-state index < -0.39 is 5.41 Å². The smallest absolute Gasteiger partial charge is 0.164 e. The number of hydrogen-bond acceptors (Lipinski definition) is 4. The zero-order valence-electron chi connectivity index (χ0n) is 29.3. The summed E-state index contributed by atoms with van der Waals surface area (Å²) in [6.45, 7) is 4.83. The van der Waals surface area contributed by atoms with Crippen molar-refractivity contribution in [2.24, 2.45) is 0 Å². The van der Waals surface area contributed by atoms with Gasteiger partial charge in [-0.25, -0.2) is 15.0 Å². The van der Waals surface area contributed by atoms with Crippen LogP contribution in [-0.2, 0) is 10.8 Å². The van der Waals surface area contributed by atoms with Gasteiger partial charge in [-0.05, 0) is 62.7 Å². The highest BCUT2D eigenvalue weighted by Gasteiger charge is 2.53. The second-order valence-electron chi connectivity index (χ2n) is 14.7. The number of fused-ring (bicyclic) bond motifs is 13. The lowest BCUT2D eigenvalue weighted by atomic mass is 9.55. The molecule has 0 saturated carbocycles. The zero-order valence-corrected chi connectivity index (χ0v) is 30.2. The number of benzene rings is 7. The van der Waals surface area contributed by atoms with Crippen molar-refractivity contribution in [3.8, 4) is 45.3 Å². The van der Waals surface area contributed by atoms with E-state index in [-0.39, 0.29) is 5.41 Å². The van der Waals surface area contributed by atoms with Crippen LogP contribution >= 0.6 is 11.3 Å². The maximum Gasteiger partial charge on any atom is 0.164 e. The molecule has 4 heteroatoms. The second kappa shape index (κ2) is 11.1. The Kier molecular flexibility index (Phi) is 6.39. The third-order valence-electron chi connectivity index (χ3n) is 11.6. The monoisotopic (exact) mass is 695 g/mol. The number of thiophene rings is 1. The van der Waals surface area contributed by atoms with Gasteiger partial charge in [0.1, 0.15) is 0 Å². The molecule has 7 aromatic carbocycles. The molecule has 53 heavy (non-hydrogen) atoms. The molecular weight excluding hydrogens is 663 g/mol. The molecule has 0 amide bonds. The summed E-state index contributed by atoms with van der Waals surface area (Å²) < 4.78 is 2.61. The number of nitrogens with zero attached hydrogens (tertiary/aromatic N) is 3. The molecule has 0 fully saturated rings. The molecule has 0 saturated heterocycles. The molecular formula is C49H33N3S. The number of hydrogen-bond donors (Lipinski definition) is 0. The summed E-state index contributed by atoms with van der Waals surface area (Å²) in [5.41, 5.74) is 13.2. The van der Waals surface area contributed by atoms with Gasteiger partial charge >= 0.3 is 0 Å². The van der Waals surface area contributed by atoms with Gasteiger partial charge in [0, 0.05) is 42.3 Å². The second-order valence-corrected chi connectivity index (χ2v) is 15.8. The third kappa shape index (κ3) is 4.18. The minimum atomic E-state index is -0.406. The van der Waals surface area contributed by atoms with Crippen LogP contribution in [0.1, 0.15) is 47.2 Å². The predicted octanol–water partition coefficient (Wildman–Crippen LogP) is 12.2. The maximum atomic E-state index is 5.06. The first-order valence-electron chi connectivity index (χ1n) is 18.2. The average Bonchev–Trinajstić information content (AvgIpc) is 3.74. The Balaban J connectivity index is 1.17. The van der Waals surface area contributed by atoms with Gasteiger partial charge in [0.2, 0.25) is 0 Å². The standard InChI is InChI=1S/C49H33N3S/c1-48(2)39-23-13-14-24-40(39)49(37-21-11-9-19-33(37)34-20-10-12-22-38(34)49)41-27-26-35-36-29-32(25-28-42(36)53-44(35)43(41)48)47-51-45(30-15-5-3-6-16-30)50-46(52-47)31-17-7-4-8-18-31/h3-29H,1-2H3. The zero-order chi connectivity index (χ0) is 35.3. The first kappa shape index (κ1) is 30.4. The van der Waals surface area contributed by atoms with E-state index in [9.17, 15) is 0 Å². The average molecular weight is 696 g/mol. The lowest BCUT2D eigenvalue weighted by molar-refractivity contribution is 0.569. The van der Waals surface area contributed by atoms with Crippen molar-refractivity contribution in [1.29, 1.82) is 0 Å². The molecule has 9 aromatic rings. The first-order chi connectivity index (χ1) is 26.0. The molecule has 1 spiro atoms. The van der Waals surface area contributed by atoms with Gasteiger partial charge in [0.05, 0.1) is 5.41 Å². The van der Waals surface area contributed by atoms with Crippen molar-refractivity contribution in [1.82, 2.24) is 15.0 Å². The van der Waals surface area contributed by atoms with E-state index >= 15 is 0 Å². The summed E-state index contributed by atoms with van der Waals surface area (Å²) in [6.07, 6.45) is 0. The minimum Gasteiger partial charge on any atom is -0.208 e. The molecule has 0 radical (unpaired) electrons. The summed E-state index contributed by atoms with van der Waals surface area (Å²) in [7, 11) is 0. The van der Waals surface area contributed by atoms with Gasteiger partial charge in [0.15, 0.2) is 17.5 Å². The normalized spacial score (nSPS) is 14.5. The van der Waals surface area contributed by atoms with Crippen molar-refractivity contribution < 1.29 is 0 Å². The lowest BCUT2D eigenvalue weighted by Gasteiger charge is -2.46. The first-order valence-corrected chi connectivity index (χ1v) is 19.0. The van der Waals surface area contributed by atoms with Crippen LogP contribution in [0.3, 0.4) is 0 Å². The number of rotatable bonds is 3. The van der Waals surface area contributed by atoms with Gasteiger partial charge in [-0.15, -0.1) is 11.3 Å². The van der Waals surface area contributed by atoms with E-state index in [1.165, 1.54) is 64.7 Å². The molecule has 2 heterocycles. The fourth-order valence-corrected chi connectivity index (χ4v) is 10.7. The van der Waals surface area contributed by atoms with Gasteiger partial charge in [-0.1, -0.05) is 159 Å². The predicted molar refractivity (Wildman–Crippen MR) is 218 cm³/mol. The summed E-state index contributed by atoms with van der Waals surface area (Å²) in [5, 5.41) is 2.50. The molecule has 2 aromatic heterocycles. The highest BCUT2D eigenvalue weighted by atomic mass is 32.1. The van der Waals surface area contributed by atoms with Crippen LogP contribution in [0.15, 0.2) is 164 Å². The van der Waals surface area contributed by atoms with Crippen molar-refractivity contribution in [2.75, 3.05) is 0 Å². The van der Waals surface area contributed by atoms with Crippen molar-refractivity contribution >= 4 is 31.5 Å². The quantitative estimate of drug-likeness (QED) is 0.185. The van der Waals surface area contributed by atoms with E-state index in [1.54, 1.807) is 0 Å². The third-order valence-corrected chi connectivity index (χ3v) is 12.8. The van der Waals surface area contributed by atoms with Crippen LogP contribution in [0.2, 0.25) is 0 Å². The summed E-state index contributed by atoms with van der Waals surface area (Å²) in [4.78, 5) is 15.1. The van der Waals surface area contributed by atoms with Crippen molar-refractivity contribution in [3.63, 3.8) is 0 Å². The van der Waals surface area contributed by atoms with Crippen molar-refractivity contribution in [2.45, 2.75) is 24.7 Å². The molecule has 3 nitrogen and oxygen atoms in total. The van der Waals surface area contributed by atoms with Crippen LogP contribution in [0, 0.1) is 0 Å².